The summed E-state index contributed by atoms with van der Waals surface area (Å²) in [5.74, 6) is -0.489. The number of hydrogen-bond acceptors (Lipinski definition) is 2. The Labute approximate surface area is 156 Å². The number of rotatable bonds is 5. The number of carbonyl (C=O) groups excluding carboxylic acids is 1. The molecule has 0 radical (unpaired) electrons. The molecule has 1 saturated heterocycles. The molecule has 25 heavy (non-hydrogen) atoms. The molecule has 3 rings (SSSR count). The number of quaternary nitrogens is 2. The van der Waals surface area contributed by atoms with E-state index in [1.54, 1.807) is 16.2 Å². The number of amides is 1. The van der Waals surface area contributed by atoms with Gasteiger partial charge in [0.05, 0.1) is 15.6 Å². The minimum Gasteiger partial charge on any atom is -0.321 e. The third kappa shape index (κ3) is 4.79. The standard InChI is InChI=1S/C18H21ClFN3OS/c1-13(18(24)21-17-5-4-14(20)11-16(17)19)23-8-6-22(7-9-23)12-15-3-2-10-25-15/h2-5,10-11,13H,6-9,12H2,1H3,(H,21,24)/p+2/t13-/m1/s1. The lowest BCUT2D eigenvalue weighted by Crippen LogP contribution is -3.29. The molecule has 1 fully saturated rings. The van der Waals surface area contributed by atoms with Crippen LogP contribution in [0.25, 0.3) is 0 Å². The molecule has 2 heterocycles. The maximum absolute atomic E-state index is 13.1. The molecular weight excluding hydrogens is 361 g/mol. The van der Waals surface area contributed by atoms with Gasteiger partial charge >= 0.3 is 0 Å². The molecule has 1 aromatic heterocycles. The van der Waals surface area contributed by atoms with Gasteiger partial charge in [-0.2, -0.15) is 0 Å². The van der Waals surface area contributed by atoms with Crippen molar-refractivity contribution in [3.05, 3.63) is 51.4 Å². The van der Waals surface area contributed by atoms with Gasteiger partial charge in [-0.3, -0.25) is 4.79 Å². The number of hydrogen-bond donors (Lipinski definition) is 3. The highest BCUT2D eigenvalue weighted by molar-refractivity contribution is 7.09. The van der Waals surface area contributed by atoms with Crippen LogP contribution in [0.15, 0.2) is 35.7 Å². The third-order valence-corrected chi connectivity index (χ3v) is 5.99. The molecule has 7 heteroatoms. The molecule has 0 aliphatic carbocycles. The monoisotopic (exact) mass is 383 g/mol. The normalized spacial score (nSPS) is 21.7. The Bertz CT molecular complexity index is 717. The van der Waals surface area contributed by atoms with Gasteiger partial charge in [0.15, 0.2) is 6.04 Å². The van der Waals surface area contributed by atoms with Crippen LogP contribution in [0.5, 0.6) is 0 Å². The number of benzene rings is 1. The number of anilines is 1. The Morgan fingerprint density at radius 3 is 2.72 bits per heavy atom. The van der Waals surface area contributed by atoms with Gasteiger partial charge < -0.3 is 15.1 Å². The summed E-state index contributed by atoms with van der Waals surface area (Å²) >= 11 is 7.79. The average Bonchev–Trinajstić information content (AvgIpc) is 3.10. The predicted octanol–water partition coefficient (Wildman–Crippen LogP) is 0.851. The highest BCUT2D eigenvalue weighted by atomic mass is 35.5. The molecule has 0 saturated carbocycles. The van der Waals surface area contributed by atoms with Crippen molar-refractivity contribution in [1.29, 1.82) is 0 Å². The maximum Gasteiger partial charge on any atom is 0.282 e. The second-order valence-electron chi connectivity index (χ2n) is 6.50. The number of halogens is 2. The van der Waals surface area contributed by atoms with Crippen LogP contribution < -0.4 is 15.1 Å². The second-order valence-corrected chi connectivity index (χ2v) is 7.94. The van der Waals surface area contributed by atoms with Gasteiger partial charge in [0.1, 0.15) is 38.5 Å². The van der Waals surface area contributed by atoms with Gasteiger partial charge in [0.25, 0.3) is 5.91 Å². The molecule has 0 spiro atoms. The minimum atomic E-state index is -0.411. The van der Waals surface area contributed by atoms with E-state index in [4.69, 9.17) is 11.6 Å². The van der Waals surface area contributed by atoms with Crippen LogP contribution in [0, 0.1) is 5.82 Å². The molecule has 1 atom stereocenters. The zero-order chi connectivity index (χ0) is 17.8. The average molecular weight is 384 g/mol. The number of carbonyl (C=O) groups is 1. The van der Waals surface area contributed by atoms with Gasteiger partial charge in [-0.25, -0.2) is 4.39 Å². The van der Waals surface area contributed by atoms with Gasteiger partial charge in [-0.05, 0) is 36.6 Å². The molecule has 3 N–H and O–H groups in total. The summed E-state index contributed by atoms with van der Waals surface area (Å²) in [7, 11) is 0. The van der Waals surface area contributed by atoms with Crippen molar-refractivity contribution >= 4 is 34.5 Å². The van der Waals surface area contributed by atoms with E-state index in [0.717, 1.165) is 32.7 Å². The number of nitrogens with one attached hydrogen (secondary N) is 3. The van der Waals surface area contributed by atoms with Crippen LogP contribution in [0.1, 0.15) is 11.8 Å². The molecule has 0 unspecified atom stereocenters. The Balaban J connectivity index is 1.51. The zero-order valence-corrected chi connectivity index (χ0v) is 15.7. The molecule has 1 amide bonds. The molecule has 0 bridgehead atoms. The first-order valence-corrected chi connectivity index (χ1v) is 9.75. The minimum absolute atomic E-state index is 0.0785. The van der Waals surface area contributed by atoms with Gasteiger partial charge in [0.2, 0.25) is 0 Å². The van der Waals surface area contributed by atoms with Crippen molar-refractivity contribution in [2.45, 2.75) is 19.5 Å². The summed E-state index contributed by atoms with van der Waals surface area (Å²) < 4.78 is 13.1. The van der Waals surface area contributed by atoms with Crippen molar-refractivity contribution in [3.8, 4) is 0 Å². The molecule has 1 aliphatic rings. The van der Waals surface area contributed by atoms with Crippen LogP contribution in [0.3, 0.4) is 0 Å². The van der Waals surface area contributed by atoms with Crippen molar-refractivity contribution in [3.63, 3.8) is 0 Å². The Morgan fingerprint density at radius 1 is 1.32 bits per heavy atom. The van der Waals surface area contributed by atoms with E-state index < -0.39 is 5.82 Å². The fourth-order valence-corrected chi connectivity index (χ4v) is 4.20. The summed E-state index contributed by atoms with van der Waals surface area (Å²) in [4.78, 5) is 16.8. The summed E-state index contributed by atoms with van der Waals surface area (Å²) in [5.41, 5.74) is 0.460. The van der Waals surface area contributed by atoms with Crippen LogP contribution in [0.4, 0.5) is 10.1 Å². The summed E-state index contributed by atoms with van der Waals surface area (Å²) in [6.07, 6.45) is 0. The molecule has 4 nitrogen and oxygen atoms in total. The third-order valence-electron chi connectivity index (χ3n) is 4.80. The van der Waals surface area contributed by atoms with E-state index in [1.807, 2.05) is 6.92 Å². The lowest BCUT2D eigenvalue weighted by Gasteiger charge is -2.32. The Morgan fingerprint density at radius 2 is 2.08 bits per heavy atom. The lowest BCUT2D eigenvalue weighted by molar-refractivity contribution is -1.02. The van der Waals surface area contributed by atoms with Gasteiger partial charge in [-0.1, -0.05) is 17.7 Å². The van der Waals surface area contributed by atoms with Crippen molar-refractivity contribution in [2.24, 2.45) is 0 Å². The fraction of sp³-hybridized carbons (Fsp3) is 0.389. The molecule has 2 aromatic rings. The smallest absolute Gasteiger partial charge is 0.282 e. The van der Waals surface area contributed by atoms with E-state index in [-0.39, 0.29) is 17.0 Å². The maximum atomic E-state index is 13.1. The van der Waals surface area contributed by atoms with Crippen LogP contribution in [-0.2, 0) is 11.3 Å². The first-order valence-electron chi connectivity index (χ1n) is 8.49. The zero-order valence-electron chi connectivity index (χ0n) is 14.1. The van der Waals surface area contributed by atoms with E-state index >= 15 is 0 Å². The molecular formula is C18H23ClFN3OS+2. The van der Waals surface area contributed by atoms with E-state index in [0.29, 0.717) is 5.69 Å². The molecule has 1 aromatic carbocycles. The van der Waals surface area contributed by atoms with E-state index in [1.165, 1.54) is 28.0 Å². The molecule has 134 valence electrons. The highest BCUT2D eigenvalue weighted by Crippen LogP contribution is 2.22. The summed E-state index contributed by atoms with van der Waals surface area (Å²) in [6, 6.07) is 8.12. The van der Waals surface area contributed by atoms with Crippen LogP contribution in [-0.4, -0.2) is 38.1 Å². The van der Waals surface area contributed by atoms with E-state index in [2.05, 4.69) is 22.8 Å². The predicted molar refractivity (Wildman–Crippen MR) is 98.9 cm³/mol. The number of piperazine rings is 1. The van der Waals surface area contributed by atoms with E-state index in [9.17, 15) is 9.18 Å². The fourth-order valence-electron chi connectivity index (χ4n) is 3.21. The second kappa shape index (κ2) is 8.27. The quantitative estimate of drug-likeness (QED) is 0.703. The topological polar surface area (TPSA) is 38.0 Å². The summed E-state index contributed by atoms with van der Waals surface area (Å²) in [5, 5.41) is 5.16. The SMILES string of the molecule is C[C@H](C(=O)Nc1ccc(F)cc1Cl)[NH+]1CC[NH+](Cc2cccs2)CC1. The first kappa shape index (κ1) is 18.3. The lowest BCUT2D eigenvalue weighted by atomic mass is 10.2. The highest BCUT2D eigenvalue weighted by Gasteiger charge is 2.31. The molecule has 1 aliphatic heterocycles. The van der Waals surface area contributed by atoms with Crippen molar-refractivity contribution < 1.29 is 19.0 Å². The Hall–Kier alpha value is -1.47. The van der Waals surface area contributed by atoms with Gasteiger partial charge in [-0.15, -0.1) is 11.3 Å². The van der Waals surface area contributed by atoms with Crippen molar-refractivity contribution in [2.75, 3.05) is 31.5 Å². The van der Waals surface area contributed by atoms with Crippen molar-refractivity contribution in [1.82, 2.24) is 0 Å². The van der Waals surface area contributed by atoms with Crippen LogP contribution >= 0.6 is 22.9 Å². The summed E-state index contributed by atoms with van der Waals surface area (Å²) in [6.45, 7) is 7.05. The largest absolute Gasteiger partial charge is 0.321 e. The van der Waals surface area contributed by atoms with Crippen LogP contribution in [0.2, 0.25) is 5.02 Å². The first-order chi connectivity index (χ1) is 12.0. The van der Waals surface area contributed by atoms with Gasteiger partial charge in [0, 0.05) is 0 Å². The Kier molecular flexibility index (Phi) is 6.06. The number of thiophene rings is 1.